The highest BCUT2D eigenvalue weighted by Crippen LogP contribution is 2.28. The van der Waals surface area contributed by atoms with E-state index in [1.54, 1.807) is 23.9 Å². The molecule has 0 aliphatic rings. The fourth-order valence-electron chi connectivity index (χ4n) is 3.00. The van der Waals surface area contributed by atoms with Gasteiger partial charge in [0.1, 0.15) is 11.1 Å². The van der Waals surface area contributed by atoms with Gasteiger partial charge in [0.15, 0.2) is 5.69 Å². The highest BCUT2D eigenvalue weighted by atomic mass is 32.1. The van der Waals surface area contributed by atoms with Crippen molar-refractivity contribution >= 4 is 29.0 Å². The van der Waals surface area contributed by atoms with Gasteiger partial charge in [-0.2, -0.15) is 10.4 Å². The summed E-state index contributed by atoms with van der Waals surface area (Å²) in [7, 11) is 0. The Hall–Kier alpha value is -4.02. The molecular formula is C24H18N4O2S. The number of nitriles is 1. The molecule has 2 aromatic heterocycles. The van der Waals surface area contributed by atoms with Crippen molar-refractivity contribution in [1.29, 1.82) is 5.26 Å². The number of benzene rings is 2. The van der Waals surface area contributed by atoms with Crippen molar-refractivity contribution in [1.82, 2.24) is 14.8 Å². The van der Waals surface area contributed by atoms with Crippen LogP contribution in [-0.2, 0) is 4.74 Å². The minimum Gasteiger partial charge on any atom is -0.461 e. The number of carbonyl (C=O) groups is 1. The van der Waals surface area contributed by atoms with E-state index in [9.17, 15) is 10.1 Å². The predicted octanol–water partition coefficient (Wildman–Crippen LogP) is 5.24. The molecule has 0 amide bonds. The van der Waals surface area contributed by atoms with Crippen molar-refractivity contribution in [2.45, 2.75) is 6.92 Å². The molecule has 152 valence electrons. The van der Waals surface area contributed by atoms with Crippen LogP contribution in [0.15, 0.2) is 72.2 Å². The van der Waals surface area contributed by atoms with Crippen molar-refractivity contribution in [3.05, 3.63) is 88.5 Å². The molecule has 4 aromatic rings. The molecule has 4 rings (SSSR count). The first kappa shape index (κ1) is 20.3. The Kier molecular flexibility index (Phi) is 6.01. The first-order chi connectivity index (χ1) is 15.2. The first-order valence-electron chi connectivity index (χ1n) is 9.65. The van der Waals surface area contributed by atoms with Gasteiger partial charge in [-0.15, -0.1) is 11.3 Å². The van der Waals surface area contributed by atoms with Gasteiger partial charge in [0, 0.05) is 22.7 Å². The number of hydrogen-bond donors (Lipinski definition) is 0. The van der Waals surface area contributed by atoms with Crippen LogP contribution >= 0.6 is 11.3 Å². The smallest absolute Gasteiger partial charge is 0.359 e. The van der Waals surface area contributed by atoms with Crippen molar-refractivity contribution in [2.24, 2.45) is 0 Å². The summed E-state index contributed by atoms with van der Waals surface area (Å²) < 4.78 is 6.76. The number of rotatable bonds is 6. The van der Waals surface area contributed by atoms with E-state index in [4.69, 9.17) is 4.74 Å². The number of esters is 1. The van der Waals surface area contributed by atoms with Crippen molar-refractivity contribution in [3.8, 4) is 23.0 Å². The highest BCUT2D eigenvalue weighted by Gasteiger charge is 2.19. The van der Waals surface area contributed by atoms with Crippen LogP contribution in [0.4, 0.5) is 0 Å². The van der Waals surface area contributed by atoms with Crippen molar-refractivity contribution in [3.63, 3.8) is 0 Å². The molecule has 0 spiro atoms. The van der Waals surface area contributed by atoms with Gasteiger partial charge in [0.25, 0.3) is 0 Å². The second-order valence-electron chi connectivity index (χ2n) is 6.51. The van der Waals surface area contributed by atoms with E-state index in [1.165, 1.54) is 11.3 Å². The molecule has 0 saturated heterocycles. The normalized spacial score (nSPS) is 11.2. The Bertz CT molecular complexity index is 1270. The number of carbonyl (C=O) groups excluding carboxylic acids is 1. The number of ether oxygens (including phenoxy) is 1. The Labute approximate surface area is 183 Å². The highest BCUT2D eigenvalue weighted by molar-refractivity contribution is 7.11. The lowest BCUT2D eigenvalue weighted by Gasteiger charge is -2.00. The summed E-state index contributed by atoms with van der Waals surface area (Å²) in [6.45, 7) is 1.97. The molecule has 0 N–H and O–H groups in total. The van der Waals surface area contributed by atoms with Gasteiger partial charge < -0.3 is 4.74 Å². The van der Waals surface area contributed by atoms with Crippen LogP contribution in [0.5, 0.6) is 0 Å². The minimum absolute atomic E-state index is 0.151. The SMILES string of the molecule is CCOC(=O)c1nn(-c2ccccc2)cc1/C=C(/C#N)c1nc(-c2ccccc2)cs1. The summed E-state index contributed by atoms with van der Waals surface area (Å²) in [4.78, 5) is 17.1. The number of nitrogens with zero attached hydrogens (tertiary/aromatic N) is 4. The fraction of sp³-hybridized carbons (Fsp3) is 0.0833. The predicted molar refractivity (Wildman–Crippen MR) is 121 cm³/mol. The Morgan fingerprint density at radius 3 is 2.55 bits per heavy atom. The van der Waals surface area contributed by atoms with E-state index in [0.717, 1.165) is 16.9 Å². The molecule has 6 nitrogen and oxygen atoms in total. The summed E-state index contributed by atoms with van der Waals surface area (Å²) >= 11 is 1.38. The standard InChI is InChI=1S/C24H18N4O2S/c1-2-30-24(29)22-19(15-28(27-22)20-11-7-4-8-12-20)13-18(14-25)23-26-21(16-31-23)17-9-5-3-6-10-17/h3-13,15-16H,2H2,1H3/b18-13-. The Morgan fingerprint density at radius 1 is 1.16 bits per heavy atom. The van der Waals surface area contributed by atoms with Crippen LogP contribution in [-0.4, -0.2) is 27.3 Å². The number of thiazole rings is 1. The van der Waals surface area contributed by atoms with E-state index in [2.05, 4.69) is 16.2 Å². The molecule has 0 radical (unpaired) electrons. The average Bonchev–Trinajstić information content (AvgIpc) is 3.47. The molecule has 0 atom stereocenters. The quantitative estimate of drug-likeness (QED) is 0.311. The van der Waals surface area contributed by atoms with Crippen LogP contribution in [0, 0.1) is 11.3 Å². The summed E-state index contributed by atoms with van der Waals surface area (Å²) in [6, 6.07) is 21.4. The third kappa shape index (κ3) is 4.44. The van der Waals surface area contributed by atoms with Crippen LogP contribution < -0.4 is 0 Å². The number of hydrogen-bond acceptors (Lipinski definition) is 6. The Balaban J connectivity index is 1.75. The molecule has 0 saturated carbocycles. The maximum absolute atomic E-state index is 12.5. The maximum Gasteiger partial charge on any atom is 0.359 e. The monoisotopic (exact) mass is 426 g/mol. The molecule has 0 aliphatic heterocycles. The van der Waals surface area contributed by atoms with Crippen LogP contribution in [0.2, 0.25) is 0 Å². The Morgan fingerprint density at radius 2 is 1.87 bits per heavy atom. The molecule has 7 heteroatoms. The van der Waals surface area contributed by atoms with Crippen LogP contribution in [0.1, 0.15) is 28.0 Å². The molecule has 31 heavy (non-hydrogen) atoms. The van der Waals surface area contributed by atoms with Crippen LogP contribution in [0.3, 0.4) is 0 Å². The van der Waals surface area contributed by atoms with E-state index >= 15 is 0 Å². The van der Waals surface area contributed by atoms with E-state index in [1.807, 2.05) is 66.0 Å². The molecule has 2 heterocycles. The summed E-state index contributed by atoms with van der Waals surface area (Å²) in [5.41, 5.74) is 3.57. The first-order valence-corrected chi connectivity index (χ1v) is 10.5. The van der Waals surface area contributed by atoms with Gasteiger partial charge in [0.05, 0.1) is 23.6 Å². The summed E-state index contributed by atoms with van der Waals surface area (Å²) in [6.07, 6.45) is 3.34. The fourth-order valence-corrected chi connectivity index (χ4v) is 3.79. The van der Waals surface area contributed by atoms with Gasteiger partial charge in [-0.25, -0.2) is 14.5 Å². The van der Waals surface area contributed by atoms with Crippen molar-refractivity contribution < 1.29 is 9.53 Å². The summed E-state index contributed by atoms with van der Waals surface area (Å²) in [5.74, 6) is -0.537. The van der Waals surface area contributed by atoms with Gasteiger partial charge in [0.2, 0.25) is 0 Å². The van der Waals surface area contributed by atoms with Gasteiger partial charge in [-0.3, -0.25) is 0 Å². The lowest BCUT2D eigenvalue weighted by Crippen LogP contribution is -2.08. The molecule has 0 unspecified atom stereocenters. The third-order valence-electron chi connectivity index (χ3n) is 4.46. The average molecular weight is 427 g/mol. The minimum atomic E-state index is -0.537. The lowest BCUT2D eigenvalue weighted by atomic mass is 10.1. The third-order valence-corrected chi connectivity index (χ3v) is 5.33. The number of allylic oxidation sites excluding steroid dienone is 1. The maximum atomic E-state index is 12.5. The molecule has 0 fully saturated rings. The second kappa shape index (κ2) is 9.20. The molecule has 0 aliphatic carbocycles. The lowest BCUT2D eigenvalue weighted by molar-refractivity contribution is 0.0518. The number of para-hydroxylation sites is 1. The zero-order valence-corrected chi connectivity index (χ0v) is 17.5. The molecule has 2 aromatic carbocycles. The van der Waals surface area contributed by atoms with Crippen LogP contribution in [0.25, 0.3) is 28.6 Å². The molecular weight excluding hydrogens is 408 g/mol. The van der Waals surface area contributed by atoms with Crippen molar-refractivity contribution in [2.75, 3.05) is 6.61 Å². The largest absolute Gasteiger partial charge is 0.461 e. The molecule has 0 bridgehead atoms. The van der Waals surface area contributed by atoms with Gasteiger partial charge in [-0.05, 0) is 25.1 Å². The second-order valence-corrected chi connectivity index (χ2v) is 7.37. The zero-order valence-electron chi connectivity index (χ0n) is 16.7. The van der Waals surface area contributed by atoms with E-state index < -0.39 is 5.97 Å². The topological polar surface area (TPSA) is 80.8 Å². The van der Waals surface area contributed by atoms with E-state index in [0.29, 0.717) is 16.1 Å². The van der Waals surface area contributed by atoms with Gasteiger partial charge >= 0.3 is 5.97 Å². The zero-order chi connectivity index (χ0) is 21.6. The van der Waals surface area contributed by atoms with E-state index in [-0.39, 0.29) is 12.3 Å². The van der Waals surface area contributed by atoms with Gasteiger partial charge in [-0.1, -0.05) is 48.5 Å². The number of aromatic nitrogens is 3. The summed E-state index contributed by atoms with van der Waals surface area (Å²) in [5, 5.41) is 16.7.